The first kappa shape index (κ1) is 24.1. The summed E-state index contributed by atoms with van der Waals surface area (Å²) in [5, 5.41) is 24.1. The molecule has 0 amide bonds. The minimum absolute atomic E-state index is 0.0422. The number of fused-ring (bicyclic) bond motifs is 6. The van der Waals surface area contributed by atoms with Gasteiger partial charge in [0.15, 0.2) is 0 Å². The molecule has 2 N–H and O–H groups in total. The SMILES string of the molecule is CC1=C[C@@H]2CC3=C([C@H](O)C[C@]4(C)[C@H]3C[C@]3(O)[C@H]5O[C@]56C=CC(=O)OC(C)(C)[C@@H]6CC[C@@H]43)[C@H](C)C2OC1=O. The second-order valence-corrected chi connectivity index (χ2v) is 13.7. The lowest BCUT2D eigenvalue weighted by Crippen LogP contribution is -2.49. The van der Waals surface area contributed by atoms with E-state index in [0.717, 1.165) is 24.8 Å². The van der Waals surface area contributed by atoms with Crippen molar-refractivity contribution in [1.82, 2.24) is 0 Å². The largest absolute Gasteiger partial charge is 0.458 e. The molecule has 37 heavy (non-hydrogen) atoms. The van der Waals surface area contributed by atoms with E-state index in [4.69, 9.17) is 14.2 Å². The number of rotatable bonds is 0. The number of aliphatic hydroxyl groups excluding tert-OH is 1. The average Bonchev–Trinajstić information content (AvgIpc) is 3.51. The van der Waals surface area contributed by atoms with Crippen molar-refractivity contribution < 1.29 is 34.0 Å². The third kappa shape index (κ3) is 2.94. The summed E-state index contributed by atoms with van der Waals surface area (Å²) < 4.78 is 18.1. The zero-order chi connectivity index (χ0) is 26.3. The Morgan fingerprint density at radius 1 is 1.08 bits per heavy atom. The molecule has 0 aromatic carbocycles. The first-order valence-corrected chi connectivity index (χ1v) is 13.9. The lowest BCUT2D eigenvalue weighted by molar-refractivity contribution is -0.156. The second-order valence-electron chi connectivity index (χ2n) is 13.7. The predicted octanol–water partition coefficient (Wildman–Crippen LogP) is 3.39. The molecule has 0 aromatic rings. The number of esters is 2. The molecule has 0 bridgehead atoms. The van der Waals surface area contributed by atoms with Crippen molar-refractivity contribution in [3.8, 4) is 0 Å². The van der Waals surface area contributed by atoms with Gasteiger partial charge in [0.1, 0.15) is 23.4 Å². The Hall–Kier alpha value is -1.96. The molecule has 1 saturated heterocycles. The van der Waals surface area contributed by atoms with E-state index < -0.39 is 29.0 Å². The highest BCUT2D eigenvalue weighted by Crippen LogP contribution is 2.72. The van der Waals surface area contributed by atoms with E-state index in [2.05, 4.69) is 19.9 Å². The topological polar surface area (TPSA) is 106 Å². The molecule has 11 atom stereocenters. The Labute approximate surface area is 217 Å². The zero-order valence-electron chi connectivity index (χ0n) is 22.3. The van der Waals surface area contributed by atoms with Crippen LogP contribution in [0.5, 0.6) is 0 Å². The minimum Gasteiger partial charge on any atom is -0.458 e. The van der Waals surface area contributed by atoms with Crippen LogP contribution >= 0.6 is 0 Å². The summed E-state index contributed by atoms with van der Waals surface area (Å²) in [6.07, 6.45) is 7.55. The molecule has 3 aliphatic heterocycles. The maximum absolute atomic E-state index is 12.5. The maximum Gasteiger partial charge on any atom is 0.333 e. The van der Waals surface area contributed by atoms with Gasteiger partial charge in [0.2, 0.25) is 0 Å². The molecule has 3 fully saturated rings. The minimum atomic E-state index is -1.06. The van der Waals surface area contributed by atoms with Gasteiger partial charge >= 0.3 is 11.9 Å². The van der Waals surface area contributed by atoms with Crippen molar-refractivity contribution in [2.24, 2.45) is 35.0 Å². The highest BCUT2D eigenvalue weighted by Gasteiger charge is 2.78. The van der Waals surface area contributed by atoms with Crippen LogP contribution in [0.4, 0.5) is 0 Å². The van der Waals surface area contributed by atoms with Crippen molar-refractivity contribution in [2.75, 3.05) is 0 Å². The number of allylic oxidation sites excluding steroid dienone is 1. The van der Waals surface area contributed by atoms with Crippen LogP contribution in [0, 0.1) is 35.0 Å². The van der Waals surface area contributed by atoms with Gasteiger partial charge in [-0.1, -0.05) is 25.5 Å². The van der Waals surface area contributed by atoms with Gasteiger partial charge < -0.3 is 24.4 Å². The number of aliphatic hydroxyl groups is 2. The van der Waals surface area contributed by atoms with Gasteiger partial charge in [-0.2, -0.15) is 0 Å². The zero-order valence-corrected chi connectivity index (χ0v) is 22.3. The van der Waals surface area contributed by atoms with Gasteiger partial charge in [0, 0.05) is 29.4 Å². The molecule has 7 heteroatoms. The van der Waals surface area contributed by atoms with E-state index in [1.165, 1.54) is 11.6 Å². The number of hydrogen-bond donors (Lipinski definition) is 2. The van der Waals surface area contributed by atoms with Crippen LogP contribution < -0.4 is 0 Å². The van der Waals surface area contributed by atoms with E-state index in [9.17, 15) is 19.8 Å². The van der Waals surface area contributed by atoms with E-state index in [0.29, 0.717) is 18.4 Å². The Morgan fingerprint density at radius 2 is 1.81 bits per heavy atom. The van der Waals surface area contributed by atoms with Crippen LogP contribution in [0.25, 0.3) is 0 Å². The van der Waals surface area contributed by atoms with Gasteiger partial charge in [-0.05, 0) is 81.8 Å². The molecule has 1 unspecified atom stereocenters. The van der Waals surface area contributed by atoms with Crippen molar-refractivity contribution in [3.63, 3.8) is 0 Å². The van der Waals surface area contributed by atoms with Crippen LogP contribution in [0.1, 0.15) is 66.7 Å². The van der Waals surface area contributed by atoms with E-state index in [1.807, 2.05) is 19.9 Å². The van der Waals surface area contributed by atoms with Crippen molar-refractivity contribution in [3.05, 3.63) is 34.9 Å². The van der Waals surface area contributed by atoms with Crippen molar-refractivity contribution in [2.45, 2.75) is 102 Å². The number of cyclic esters (lactones) is 1. The highest BCUT2D eigenvalue weighted by molar-refractivity contribution is 5.89. The monoisotopic (exact) mass is 510 g/mol. The molecular formula is C30H38O7. The fourth-order valence-electron chi connectivity index (χ4n) is 10.0. The molecule has 2 saturated carbocycles. The fourth-order valence-corrected chi connectivity index (χ4v) is 10.0. The lowest BCUT2D eigenvalue weighted by atomic mass is 9.56. The normalized spacial score (nSPS) is 53.1. The smallest absolute Gasteiger partial charge is 0.333 e. The highest BCUT2D eigenvalue weighted by atomic mass is 16.6. The van der Waals surface area contributed by atoms with E-state index >= 15 is 0 Å². The summed E-state index contributed by atoms with van der Waals surface area (Å²) in [4.78, 5) is 24.6. The number of carbonyl (C=O) groups is 2. The third-order valence-corrected chi connectivity index (χ3v) is 11.5. The molecule has 3 heterocycles. The van der Waals surface area contributed by atoms with Gasteiger partial charge in [0.25, 0.3) is 0 Å². The van der Waals surface area contributed by atoms with Crippen LogP contribution in [-0.4, -0.2) is 57.3 Å². The standard InChI is InChI=1S/C30H38O7/c1-14-10-16-11-17-18-12-29(34)21(28(18,5)13-19(31)23(17)15(2)24(16)35-25(14)33)7-6-20-27(3,4)36-22(32)8-9-30(20)26(29)37-30/h8-10,15-16,18-21,24,26,31,34H,6-7,11-13H2,1-5H3/t15-,16+,18-,19+,20-,21-,24?,26+,28+,29+,30-/m0/s1. The summed E-state index contributed by atoms with van der Waals surface area (Å²) in [5.74, 6) is -0.581. The molecule has 0 aromatic heterocycles. The fraction of sp³-hybridized carbons (Fsp3) is 0.733. The Kier molecular flexibility index (Phi) is 4.66. The average molecular weight is 511 g/mol. The first-order chi connectivity index (χ1) is 17.3. The maximum atomic E-state index is 12.5. The van der Waals surface area contributed by atoms with Crippen LogP contribution in [0.2, 0.25) is 0 Å². The molecule has 0 radical (unpaired) electrons. The van der Waals surface area contributed by atoms with Gasteiger partial charge in [-0.3, -0.25) is 0 Å². The second kappa shape index (κ2) is 7.16. The van der Waals surface area contributed by atoms with Crippen LogP contribution in [-0.2, 0) is 23.8 Å². The predicted molar refractivity (Wildman–Crippen MR) is 133 cm³/mol. The van der Waals surface area contributed by atoms with Gasteiger partial charge in [0.05, 0.1) is 11.7 Å². The lowest BCUT2D eigenvalue weighted by Gasteiger charge is -2.51. The molecule has 7 nitrogen and oxygen atoms in total. The first-order valence-electron chi connectivity index (χ1n) is 13.9. The van der Waals surface area contributed by atoms with E-state index in [-0.39, 0.29) is 53.0 Å². The number of carbonyl (C=O) groups excluding carboxylic acids is 2. The quantitative estimate of drug-likeness (QED) is 0.292. The Morgan fingerprint density at radius 3 is 2.57 bits per heavy atom. The summed E-state index contributed by atoms with van der Waals surface area (Å²) >= 11 is 0. The molecule has 7 aliphatic rings. The van der Waals surface area contributed by atoms with E-state index in [1.54, 1.807) is 6.92 Å². The molecule has 4 aliphatic carbocycles. The molecule has 200 valence electrons. The number of ether oxygens (including phenoxy) is 3. The molecular weight excluding hydrogens is 472 g/mol. The number of hydrogen-bond acceptors (Lipinski definition) is 7. The molecule has 1 spiro atoms. The van der Waals surface area contributed by atoms with Crippen LogP contribution in [0.3, 0.4) is 0 Å². The third-order valence-electron chi connectivity index (χ3n) is 11.5. The van der Waals surface area contributed by atoms with Gasteiger partial charge in [-0.25, -0.2) is 9.59 Å². The van der Waals surface area contributed by atoms with Crippen molar-refractivity contribution in [1.29, 1.82) is 0 Å². The van der Waals surface area contributed by atoms with Crippen LogP contribution in [0.15, 0.2) is 34.9 Å². The Bertz CT molecular complexity index is 1200. The van der Waals surface area contributed by atoms with Gasteiger partial charge in [-0.15, -0.1) is 0 Å². The molecule has 7 rings (SSSR count). The van der Waals surface area contributed by atoms with Crippen molar-refractivity contribution >= 4 is 11.9 Å². The number of epoxide rings is 1. The summed E-state index contributed by atoms with van der Waals surface area (Å²) in [6, 6.07) is 0. The summed E-state index contributed by atoms with van der Waals surface area (Å²) in [5.41, 5.74) is 0.151. The summed E-state index contributed by atoms with van der Waals surface area (Å²) in [7, 11) is 0. The summed E-state index contributed by atoms with van der Waals surface area (Å²) in [6.45, 7) is 10.0. The Balaban J connectivity index is 1.30.